The van der Waals surface area contributed by atoms with Gasteiger partial charge < -0.3 is 15.3 Å². The highest BCUT2D eigenvalue weighted by atomic mass is 16.3. The van der Waals surface area contributed by atoms with E-state index in [1.807, 2.05) is 6.08 Å². The van der Waals surface area contributed by atoms with E-state index in [1.165, 1.54) is 11.1 Å². The highest BCUT2D eigenvalue weighted by Gasteiger charge is 2.63. The maximum absolute atomic E-state index is 12.2. The number of hydrogen-bond donors (Lipinski definition) is 3. The van der Waals surface area contributed by atoms with Crippen LogP contribution in [0.5, 0.6) is 0 Å². The van der Waals surface area contributed by atoms with Crippen LogP contribution in [0.3, 0.4) is 0 Å². The van der Waals surface area contributed by atoms with Gasteiger partial charge in [-0.1, -0.05) is 64.0 Å². The summed E-state index contributed by atoms with van der Waals surface area (Å²) in [6.07, 6.45) is 13.1. The molecule has 4 rings (SSSR count). The Labute approximate surface area is 195 Å². The first-order valence-electron chi connectivity index (χ1n) is 13.2. The van der Waals surface area contributed by atoms with Crippen LogP contribution in [-0.2, 0) is 0 Å². The molecule has 4 aliphatic rings. The number of rotatable bonds is 5. The van der Waals surface area contributed by atoms with E-state index >= 15 is 0 Å². The number of fused-ring (bicyclic) bond motifs is 5. The number of hydrogen-bond acceptors (Lipinski definition) is 3. The third-order valence-electron chi connectivity index (χ3n) is 10.6. The van der Waals surface area contributed by atoms with E-state index in [4.69, 9.17) is 0 Å². The summed E-state index contributed by atoms with van der Waals surface area (Å²) < 4.78 is 0. The molecule has 3 N–H and O–H groups in total. The molecule has 0 heterocycles. The minimum atomic E-state index is -0.649. The molecule has 0 bridgehead atoms. The van der Waals surface area contributed by atoms with Crippen LogP contribution in [0, 0.1) is 34.5 Å². The van der Waals surface area contributed by atoms with Gasteiger partial charge in [0.05, 0.1) is 17.8 Å². The lowest BCUT2D eigenvalue weighted by atomic mass is 9.48. The van der Waals surface area contributed by atoms with E-state index in [-0.39, 0.29) is 16.7 Å². The van der Waals surface area contributed by atoms with Gasteiger partial charge in [-0.2, -0.15) is 0 Å². The highest BCUT2D eigenvalue weighted by Crippen LogP contribution is 2.67. The van der Waals surface area contributed by atoms with Crippen molar-refractivity contribution in [3.05, 3.63) is 34.9 Å². The van der Waals surface area contributed by atoms with E-state index in [0.717, 1.165) is 56.9 Å². The molecule has 4 aliphatic carbocycles. The van der Waals surface area contributed by atoms with Crippen LogP contribution in [0.4, 0.5) is 0 Å². The molecule has 0 amide bonds. The average Bonchev–Trinajstić information content (AvgIpc) is 3.02. The Kier molecular flexibility index (Phi) is 6.36. The molecular formula is C29H46O3. The van der Waals surface area contributed by atoms with Gasteiger partial charge >= 0.3 is 0 Å². The zero-order valence-electron chi connectivity index (χ0n) is 21.2. The lowest BCUT2D eigenvalue weighted by Gasteiger charge is -2.57. The Morgan fingerprint density at radius 3 is 2.38 bits per heavy atom. The monoisotopic (exact) mass is 442 g/mol. The third kappa shape index (κ3) is 3.49. The Balaban J connectivity index is 1.61. The zero-order chi connectivity index (χ0) is 23.5. The first-order chi connectivity index (χ1) is 15.0. The van der Waals surface area contributed by atoms with E-state index in [1.54, 1.807) is 0 Å². The number of aliphatic hydroxyl groups excluding tert-OH is 2. The van der Waals surface area contributed by atoms with E-state index in [0.29, 0.717) is 17.8 Å². The van der Waals surface area contributed by atoms with Crippen LogP contribution in [0.15, 0.2) is 34.9 Å². The molecular weight excluding hydrogens is 396 g/mol. The molecule has 3 heteroatoms. The Morgan fingerprint density at radius 1 is 1.03 bits per heavy atom. The van der Waals surface area contributed by atoms with Crippen LogP contribution in [-0.4, -0.2) is 33.1 Å². The molecule has 0 aliphatic heterocycles. The fourth-order valence-electron chi connectivity index (χ4n) is 8.32. The Bertz CT molecular complexity index is 822. The van der Waals surface area contributed by atoms with Crippen molar-refractivity contribution < 1.29 is 15.3 Å². The van der Waals surface area contributed by atoms with Crippen molar-refractivity contribution in [2.45, 2.75) is 111 Å². The largest absolute Gasteiger partial charge is 0.389 e. The molecule has 180 valence electrons. The van der Waals surface area contributed by atoms with Crippen molar-refractivity contribution in [3.8, 4) is 0 Å². The Hall–Kier alpha value is -0.900. The van der Waals surface area contributed by atoms with E-state index in [2.05, 4.69) is 53.7 Å². The topological polar surface area (TPSA) is 60.7 Å². The molecule has 0 saturated heterocycles. The first kappa shape index (κ1) is 24.2. The molecule has 0 aromatic rings. The van der Waals surface area contributed by atoms with Crippen LogP contribution in [0.1, 0.15) is 92.9 Å². The molecule has 3 nitrogen and oxygen atoms in total. The summed E-state index contributed by atoms with van der Waals surface area (Å²) in [5.74, 6) is 1.60. The van der Waals surface area contributed by atoms with E-state index < -0.39 is 17.8 Å². The molecule has 0 aromatic carbocycles. The van der Waals surface area contributed by atoms with Gasteiger partial charge in [0.15, 0.2) is 0 Å². The second kappa shape index (κ2) is 8.40. The van der Waals surface area contributed by atoms with Crippen molar-refractivity contribution in [1.82, 2.24) is 0 Å². The predicted octanol–water partition coefficient (Wildman–Crippen LogP) is 5.95. The average molecular weight is 443 g/mol. The minimum Gasteiger partial charge on any atom is -0.389 e. The molecule has 0 radical (unpaired) electrons. The first-order valence-corrected chi connectivity index (χ1v) is 13.2. The molecule has 8 atom stereocenters. The summed E-state index contributed by atoms with van der Waals surface area (Å²) in [4.78, 5) is 0. The predicted molar refractivity (Wildman–Crippen MR) is 131 cm³/mol. The van der Waals surface area contributed by atoms with Crippen LogP contribution < -0.4 is 0 Å². The zero-order valence-corrected chi connectivity index (χ0v) is 21.2. The molecule has 0 spiro atoms. The quantitative estimate of drug-likeness (QED) is 0.461. The summed E-state index contributed by atoms with van der Waals surface area (Å²) in [5.41, 5.74) is 3.09. The normalized spacial score (nSPS) is 45.0. The summed E-state index contributed by atoms with van der Waals surface area (Å²) >= 11 is 0. The fourth-order valence-corrected chi connectivity index (χ4v) is 8.32. The lowest BCUT2D eigenvalue weighted by molar-refractivity contribution is -0.122. The van der Waals surface area contributed by atoms with Gasteiger partial charge in [-0.3, -0.25) is 0 Å². The summed E-state index contributed by atoms with van der Waals surface area (Å²) in [6.45, 7) is 13.6. The molecule has 32 heavy (non-hydrogen) atoms. The van der Waals surface area contributed by atoms with Crippen molar-refractivity contribution in [2.75, 3.05) is 0 Å². The van der Waals surface area contributed by atoms with Gasteiger partial charge in [-0.25, -0.2) is 0 Å². The summed E-state index contributed by atoms with van der Waals surface area (Å²) in [7, 11) is 0. The second-order valence-corrected chi connectivity index (χ2v) is 12.2. The lowest BCUT2D eigenvalue weighted by Crippen LogP contribution is -2.55. The SMILES string of the molecule is CC=C(CC[C@@H](C)[C@]1(O)CC[C@H]2C3=C[C@@H](O)C4=C[C@@H](O)CC[C@]4(C)[C@H]3CC[C@@]21C)C(C)C. The maximum atomic E-state index is 12.2. The van der Waals surface area contributed by atoms with E-state index in [9.17, 15) is 15.3 Å². The Morgan fingerprint density at radius 2 is 1.72 bits per heavy atom. The third-order valence-corrected chi connectivity index (χ3v) is 10.6. The number of aliphatic hydroxyl groups is 3. The smallest absolute Gasteiger partial charge is 0.0941 e. The van der Waals surface area contributed by atoms with Gasteiger partial charge in [-0.05, 0) is 93.0 Å². The highest BCUT2D eigenvalue weighted by molar-refractivity contribution is 5.41. The summed E-state index contributed by atoms with van der Waals surface area (Å²) in [5, 5.41) is 33.4. The molecule has 0 unspecified atom stereocenters. The minimum absolute atomic E-state index is 0.0610. The second-order valence-electron chi connectivity index (χ2n) is 12.2. The van der Waals surface area contributed by atoms with Crippen molar-refractivity contribution >= 4 is 0 Å². The summed E-state index contributed by atoms with van der Waals surface area (Å²) in [6, 6.07) is 0. The molecule has 0 aromatic heterocycles. The van der Waals surface area contributed by atoms with Gasteiger partial charge in [0.25, 0.3) is 0 Å². The van der Waals surface area contributed by atoms with Gasteiger partial charge in [0, 0.05) is 5.41 Å². The molecule has 2 fully saturated rings. The van der Waals surface area contributed by atoms with Gasteiger partial charge in [0.1, 0.15) is 0 Å². The standard InChI is InChI=1S/C29H46O3/c1-7-20(18(2)3)9-8-19(4)29(32)15-12-24-22-17-26(31)25-16-21(30)10-13-27(25,5)23(22)11-14-28(24,29)6/h7,16-19,21,23-24,26,30-32H,8-15H2,1-6H3/t19-,21+,23+,24+,26-,27-,28+,29-/m1/s1. The fraction of sp³-hybridized carbons (Fsp3) is 0.793. The van der Waals surface area contributed by atoms with Crippen LogP contribution >= 0.6 is 0 Å². The van der Waals surface area contributed by atoms with Gasteiger partial charge in [0.2, 0.25) is 0 Å². The van der Waals surface area contributed by atoms with Crippen molar-refractivity contribution in [3.63, 3.8) is 0 Å². The maximum Gasteiger partial charge on any atom is 0.0941 e. The van der Waals surface area contributed by atoms with Crippen molar-refractivity contribution in [1.29, 1.82) is 0 Å². The van der Waals surface area contributed by atoms with Crippen LogP contribution in [0.2, 0.25) is 0 Å². The van der Waals surface area contributed by atoms with Gasteiger partial charge in [-0.15, -0.1) is 0 Å². The van der Waals surface area contributed by atoms with Crippen LogP contribution in [0.25, 0.3) is 0 Å². The number of allylic oxidation sites excluding steroid dienone is 3. The van der Waals surface area contributed by atoms with Crippen molar-refractivity contribution in [2.24, 2.45) is 34.5 Å². The molecule has 2 saturated carbocycles.